The summed E-state index contributed by atoms with van der Waals surface area (Å²) in [4.78, 5) is 0. The van der Waals surface area contributed by atoms with Crippen LogP contribution in [0.5, 0.6) is 11.5 Å². The monoisotopic (exact) mass is 368 g/mol. The van der Waals surface area contributed by atoms with Gasteiger partial charge >= 0.3 is 0 Å². The molecule has 112 valence electrons. The molecule has 0 N–H and O–H groups in total. The molecule has 0 radical (unpaired) electrons. The van der Waals surface area contributed by atoms with Crippen molar-refractivity contribution in [2.75, 3.05) is 14.2 Å². The Morgan fingerprint density at radius 3 is 2.38 bits per heavy atom. The van der Waals surface area contributed by atoms with Gasteiger partial charge in [0, 0.05) is 4.47 Å². The topological polar surface area (TPSA) is 18.5 Å². The number of ether oxygens (including phenoxy) is 2. The molecule has 1 atom stereocenters. The zero-order valence-electron chi connectivity index (χ0n) is 12.3. The third-order valence-corrected chi connectivity index (χ3v) is 4.41. The summed E-state index contributed by atoms with van der Waals surface area (Å²) in [5.41, 5.74) is 3.45. The van der Waals surface area contributed by atoms with E-state index < -0.39 is 0 Å². The van der Waals surface area contributed by atoms with Crippen molar-refractivity contribution in [2.45, 2.75) is 18.7 Å². The Morgan fingerprint density at radius 2 is 1.76 bits per heavy atom. The zero-order valence-corrected chi connectivity index (χ0v) is 14.7. The van der Waals surface area contributed by atoms with E-state index in [1.54, 1.807) is 14.2 Å². The molecule has 0 aliphatic heterocycles. The van der Waals surface area contributed by atoms with Gasteiger partial charge in [-0.1, -0.05) is 45.8 Å². The van der Waals surface area contributed by atoms with Crippen molar-refractivity contribution in [3.8, 4) is 11.5 Å². The highest BCUT2D eigenvalue weighted by Gasteiger charge is 2.16. The fourth-order valence-electron chi connectivity index (χ4n) is 2.27. The van der Waals surface area contributed by atoms with E-state index in [4.69, 9.17) is 21.1 Å². The molecule has 0 amide bonds. The number of hydrogen-bond acceptors (Lipinski definition) is 2. The minimum Gasteiger partial charge on any atom is -0.493 e. The SMILES string of the molecule is COc1cc(Br)c(C(Cl)Cc2cccc(C)c2)cc1OC. The second kappa shape index (κ2) is 7.19. The quantitative estimate of drug-likeness (QED) is 0.666. The lowest BCUT2D eigenvalue weighted by atomic mass is 10.0. The first kappa shape index (κ1) is 16.2. The molecular weight excluding hydrogens is 352 g/mol. The number of methoxy groups -OCH3 is 2. The van der Waals surface area contributed by atoms with E-state index in [1.165, 1.54) is 11.1 Å². The normalized spacial score (nSPS) is 12.0. The van der Waals surface area contributed by atoms with Crippen LogP contribution in [0.25, 0.3) is 0 Å². The Bertz CT molecular complexity index is 628. The van der Waals surface area contributed by atoms with Crippen molar-refractivity contribution in [1.29, 1.82) is 0 Å². The lowest BCUT2D eigenvalue weighted by Gasteiger charge is -2.16. The van der Waals surface area contributed by atoms with Crippen molar-refractivity contribution in [2.24, 2.45) is 0 Å². The molecule has 0 spiro atoms. The molecule has 2 aromatic rings. The average Bonchev–Trinajstić information content (AvgIpc) is 2.46. The molecule has 21 heavy (non-hydrogen) atoms. The largest absolute Gasteiger partial charge is 0.493 e. The van der Waals surface area contributed by atoms with Crippen LogP contribution >= 0.6 is 27.5 Å². The van der Waals surface area contributed by atoms with Crippen LogP contribution in [0.2, 0.25) is 0 Å². The molecule has 0 saturated carbocycles. The number of alkyl halides is 1. The zero-order chi connectivity index (χ0) is 15.4. The van der Waals surface area contributed by atoms with Gasteiger partial charge in [-0.3, -0.25) is 0 Å². The van der Waals surface area contributed by atoms with E-state index in [9.17, 15) is 0 Å². The van der Waals surface area contributed by atoms with E-state index in [-0.39, 0.29) is 5.38 Å². The van der Waals surface area contributed by atoms with Crippen molar-refractivity contribution >= 4 is 27.5 Å². The molecule has 0 bridgehead atoms. The van der Waals surface area contributed by atoms with Crippen molar-refractivity contribution in [1.82, 2.24) is 0 Å². The first-order valence-electron chi connectivity index (χ1n) is 6.66. The highest BCUT2D eigenvalue weighted by molar-refractivity contribution is 9.10. The van der Waals surface area contributed by atoms with E-state index >= 15 is 0 Å². The van der Waals surface area contributed by atoms with Crippen LogP contribution in [0.3, 0.4) is 0 Å². The highest BCUT2D eigenvalue weighted by Crippen LogP contribution is 2.39. The van der Waals surface area contributed by atoms with E-state index in [0.717, 1.165) is 16.5 Å². The molecule has 4 heteroatoms. The molecular formula is C17H18BrClO2. The summed E-state index contributed by atoms with van der Waals surface area (Å²) in [7, 11) is 3.24. The van der Waals surface area contributed by atoms with Gasteiger partial charge in [-0.15, -0.1) is 11.6 Å². The second-order valence-electron chi connectivity index (χ2n) is 4.89. The third kappa shape index (κ3) is 3.92. The molecule has 0 fully saturated rings. The minimum absolute atomic E-state index is 0.138. The van der Waals surface area contributed by atoms with E-state index in [2.05, 4.69) is 47.1 Å². The van der Waals surface area contributed by atoms with Gasteiger partial charge < -0.3 is 9.47 Å². The molecule has 0 aliphatic carbocycles. The second-order valence-corrected chi connectivity index (χ2v) is 6.27. The number of hydrogen-bond donors (Lipinski definition) is 0. The molecule has 0 aliphatic rings. The van der Waals surface area contributed by atoms with Crippen molar-refractivity contribution in [3.63, 3.8) is 0 Å². The summed E-state index contributed by atoms with van der Waals surface area (Å²) >= 11 is 10.2. The molecule has 0 saturated heterocycles. The summed E-state index contributed by atoms with van der Waals surface area (Å²) in [5.74, 6) is 1.37. The Kier molecular flexibility index (Phi) is 5.54. The molecule has 2 aromatic carbocycles. The van der Waals surface area contributed by atoms with Gasteiger partial charge in [0.1, 0.15) is 0 Å². The molecule has 1 unspecified atom stereocenters. The standard InChI is InChI=1S/C17H18BrClO2/c1-11-5-4-6-12(7-11)8-15(19)13-9-16(20-2)17(21-3)10-14(13)18/h4-7,9-10,15H,8H2,1-3H3. The molecule has 0 aromatic heterocycles. The van der Waals surface area contributed by atoms with Crippen LogP contribution in [0.4, 0.5) is 0 Å². The van der Waals surface area contributed by atoms with Gasteiger partial charge in [0.2, 0.25) is 0 Å². The van der Waals surface area contributed by atoms with Crippen LogP contribution in [-0.4, -0.2) is 14.2 Å². The fraction of sp³-hybridized carbons (Fsp3) is 0.294. The number of aryl methyl sites for hydroxylation is 1. The van der Waals surface area contributed by atoms with Crippen LogP contribution in [0, 0.1) is 6.92 Å². The number of rotatable bonds is 5. The van der Waals surface area contributed by atoms with E-state index in [1.807, 2.05) is 12.1 Å². The summed E-state index contributed by atoms with van der Waals surface area (Å²) < 4.78 is 11.6. The fourth-order valence-corrected chi connectivity index (χ4v) is 3.36. The molecule has 0 heterocycles. The van der Waals surface area contributed by atoms with Gasteiger partial charge in [0.25, 0.3) is 0 Å². The lowest BCUT2D eigenvalue weighted by molar-refractivity contribution is 0.354. The predicted octanol–water partition coefficient (Wildman–Crippen LogP) is 5.30. The summed E-state index contributed by atoms with van der Waals surface area (Å²) in [6, 6.07) is 12.2. The van der Waals surface area contributed by atoms with Gasteiger partial charge in [-0.2, -0.15) is 0 Å². The first-order valence-corrected chi connectivity index (χ1v) is 7.89. The lowest BCUT2D eigenvalue weighted by Crippen LogP contribution is -2.00. The van der Waals surface area contributed by atoms with Crippen LogP contribution in [-0.2, 0) is 6.42 Å². The average molecular weight is 370 g/mol. The maximum absolute atomic E-state index is 6.60. The molecule has 2 nitrogen and oxygen atoms in total. The molecule has 2 rings (SSSR count). The van der Waals surface area contributed by atoms with Crippen LogP contribution in [0.15, 0.2) is 40.9 Å². The van der Waals surface area contributed by atoms with Crippen molar-refractivity contribution in [3.05, 3.63) is 57.6 Å². The predicted molar refractivity (Wildman–Crippen MR) is 90.7 cm³/mol. The summed E-state index contributed by atoms with van der Waals surface area (Å²) in [6.45, 7) is 2.08. The van der Waals surface area contributed by atoms with Crippen LogP contribution in [0.1, 0.15) is 22.1 Å². The number of halogens is 2. The minimum atomic E-state index is -0.138. The summed E-state index contributed by atoms with van der Waals surface area (Å²) in [5, 5.41) is -0.138. The van der Waals surface area contributed by atoms with Gasteiger partial charge in [0.15, 0.2) is 11.5 Å². The van der Waals surface area contributed by atoms with Gasteiger partial charge in [-0.05, 0) is 36.6 Å². The van der Waals surface area contributed by atoms with Gasteiger partial charge in [0.05, 0.1) is 19.6 Å². The Morgan fingerprint density at radius 1 is 1.10 bits per heavy atom. The Balaban J connectivity index is 2.28. The first-order chi connectivity index (χ1) is 10.0. The number of benzene rings is 2. The van der Waals surface area contributed by atoms with Crippen molar-refractivity contribution < 1.29 is 9.47 Å². The van der Waals surface area contributed by atoms with E-state index in [0.29, 0.717) is 11.5 Å². The maximum Gasteiger partial charge on any atom is 0.161 e. The Hall–Kier alpha value is -1.19. The maximum atomic E-state index is 6.60. The Labute approximate surface area is 139 Å². The van der Waals surface area contributed by atoms with Gasteiger partial charge in [-0.25, -0.2) is 0 Å². The highest BCUT2D eigenvalue weighted by atomic mass is 79.9. The smallest absolute Gasteiger partial charge is 0.161 e. The van der Waals surface area contributed by atoms with Crippen LogP contribution < -0.4 is 9.47 Å². The summed E-state index contributed by atoms with van der Waals surface area (Å²) in [6.07, 6.45) is 0.761. The third-order valence-electron chi connectivity index (χ3n) is 3.34.